The summed E-state index contributed by atoms with van der Waals surface area (Å²) in [6.45, 7) is 1.99. The Hall–Kier alpha value is -2.50. The van der Waals surface area contributed by atoms with Gasteiger partial charge in [0.1, 0.15) is 5.82 Å². The second-order valence-electron chi connectivity index (χ2n) is 4.01. The third kappa shape index (κ3) is 2.52. The SMILES string of the molecule is CCc1cn[nH]c1NC(=O)c1cccc(N)c1OC. The first-order valence-corrected chi connectivity index (χ1v) is 5.93. The average molecular weight is 260 g/mol. The van der Waals surface area contributed by atoms with Gasteiger partial charge in [-0.2, -0.15) is 5.10 Å². The van der Waals surface area contributed by atoms with Gasteiger partial charge in [0.15, 0.2) is 5.75 Å². The van der Waals surface area contributed by atoms with Gasteiger partial charge < -0.3 is 15.8 Å². The fourth-order valence-corrected chi connectivity index (χ4v) is 1.83. The molecule has 6 nitrogen and oxygen atoms in total. The molecule has 0 radical (unpaired) electrons. The minimum Gasteiger partial charge on any atom is -0.494 e. The van der Waals surface area contributed by atoms with Crippen LogP contribution in [-0.4, -0.2) is 23.2 Å². The van der Waals surface area contributed by atoms with E-state index in [0.717, 1.165) is 12.0 Å². The molecule has 6 heteroatoms. The molecule has 0 spiro atoms. The normalized spacial score (nSPS) is 10.2. The number of rotatable bonds is 4. The molecule has 0 bridgehead atoms. The quantitative estimate of drug-likeness (QED) is 0.731. The molecule has 0 aliphatic rings. The molecule has 0 aliphatic heterocycles. The van der Waals surface area contributed by atoms with Gasteiger partial charge in [-0.25, -0.2) is 0 Å². The van der Waals surface area contributed by atoms with E-state index in [1.807, 2.05) is 6.92 Å². The van der Waals surface area contributed by atoms with E-state index < -0.39 is 0 Å². The van der Waals surface area contributed by atoms with Crippen molar-refractivity contribution in [1.82, 2.24) is 10.2 Å². The Kier molecular flexibility index (Phi) is 3.70. The van der Waals surface area contributed by atoms with Crippen LogP contribution in [0.1, 0.15) is 22.8 Å². The average Bonchev–Trinajstić information content (AvgIpc) is 2.85. The molecule has 1 amide bonds. The van der Waals surface area contributed by atoms with Crippen LogP contribution in [0.15, 0.2) is 24.4 Å². The van der Waals surface area contributed by atoms with Crippen LogP contribution in [0.5, 0.6) is 5.75 Å². The van der Waals surface area contributed by atoms with E-state index in [0.29, 0.717) is 22.8 Å². The molecule has 2 rings (SSSR count). The number of carbonyl (C=O) groups excluding carboxylic acids is 1. The third-order valence-corrected chi connectivity index (χ3v) is 2.83. The summed E-state index contributed by atoms with van der Waals surface area (Å²) >= 11 is 0. The first-order chi connectivity index (χ1) is 9.17. The highest BCUT2D eigenvalue weighted by Gasteiger charge is 2.16. The lowest BCUT2D eigenvalue weighted by Gasteiger charge is -2.11. The number of para-hydroxylation sites is 1. The second kappa shape index (κ2) is 5.43. The van der Waals surface area contributed by atoms with E-state index in [4.69, 9.17) is 10.5 Å². The second-order valence-corrected chi connectivity index (χ2v) is 4.01. The molecule has 1 heterocycles. The molecule has 4 N–H and O–H groups in total. The van der Waals surface area contributed by atoms with E-state index >= 15 is 0 Å². The molecule has 0 fully saturated rings. The van der Waals surface area contributed by atoms with E-state index in [1.165, 1.54) is 7.11 Å². The Morgan fingerprint density at radius 2 is 2.32 bits per heavy atom. The maximum atomic E-state index is 12.2. The zero-order chi connectivity index (χ0) is 13.8. The van der Waals surface area contributed by atoms with Gasteiger partial charge >= 0.3 is 0 Å². The predicted octanol–water partition coefficient (Wildman–Crippen LogP) is 1.82. The highest BCUT2D eigenvalue weighted by molar-refractivity contribution is 6.07. The van der Waals surface area contributed by atoms with Crippen molar-refractivity contribution in [3.05, 3.63) is 35.5 Å². The van der Waals surface area contributed by atoms with Gasteiger partial charge in [0.05, 0.1) is 24.6 Å². The van der Waals surface area contributed by atoms with Crippen molar-refractivity contribution >= 4 is 17.4 Å². The van der Waals surface area contributed by atoms with E-state index in [9.17, 15) is 4.79 Å². The topological polar surface area (TPSA) is 93.0 Å². The zero-order valence-corrected chi connectivity index (χ0v) is 10.9. The molecule has 0 saturated carbocycles. The van der Waals surface area contributed by atoms with Crippen LogP contribution in [0.3, 0.4) is 0 Å². The number of aromatic nitrogens is 2. The fraction of sp³-hybridized carbons (Fsp3) is 0.231. The van der Waals surface area contributed by atoms with Crippen molar-refractivity contribution in [3.63, 3.8) is 0 Å². The largest absolute Gasteiger partial charge is 0.494 e. The van der Waals surface area contributed by atoms with Gasteiger partial charge in [0.2, 0.25) is 0 Å². The number of nitrogens with one attached hydrogen (secondary N) is 2. The molecular formula is C13H16N4O2. The van der Waals surface area contributed by atoms with Crippen molar-refractivity contribution in [2.45, 2.75) is 13.3 Å². The number of aromatic amines is 1. The highest BCUT2D eigenvalue weighted by Crippen LogP contribution is 2.26. The Balaban J connectivity index is 2.28. The van der Waals surface area contributed by atoms with Crippen molar-refractivity contribution in [1.29, 1.82) is 0 Å². The van der Waals surface area contributed by atoms with Crippen LogP contribution in [0, 0.1) is 0 Å². The maximum Gasteiger partial charge on any atom is 0.260 e. The van der Waals surface area contributed by atoms with Gasteiger partial charge in [-0.05, 0) is 18.6 Å². The van der Waals surface area contributed by atoms with Crippen molar-refractivity contribution in [2.24, 2.45) is 0 Å². The van der Waals surface area contributed by atoms with Crippen LogP contribution in [0.25, 0.3) is 0 Å². The summed E-state index contributed by atoms with van der Waals surface area (Å²) in [7, 11) is 1.48. The fourth-order valence-electron chi connectivity index (χ4n) is 1.83. The summed E-state index contributed by atoms with van der Waals surface area (Å²) in [5.41, 5.74) is 7.53. The third-order valence-electron chi connectivity index (χ3n) is 2.83. The maximum absolute atomic E-state index is 12.2. The number of aryl methyl sites for hydroxylation is 1. The van der Waals surface area contributed by atoms with Gasteiger partial charge in [0, 0.05) is 5.56 Å². The van der Waals surface area contributed by atoms with Crippen molar-refractivity contribution in [2.75, 3.05) is 18.2 Å². The van der Waals surface area contributed by atoms with E-state index in [1.54, 1.807) is 24.4 Å². The first-order valence-electron chi connectivity index (χ1n) is 5.93. The molecule has 0 atom stereocenters. The monoisotopic (exact) mass is 260 g/mol. The Bertz CT molecular complexity index is 592. The lowest BCUT2D eigenvalue weighted by molar-refractivity contribution is 0.102. The summed E-state index contributed by atoms with van der Waals surface area (Å²) in [5.74, 6) is 0.678. The number of benzene rings is 1. The van der Waals surface area contributed by atoms with E-state index in [-0.39, 0.29) is 5.91 Å². The standard InChI is InChI=1S/C13H16N4O2/c1-3-8-7-15-17-12(8)16-13(18)9-5-4-6-10(14)11(9)19-2/h4-7H,3,14H2,1-2H3,(H2,15,16,17,18). The number of H-pyrrole nitrogens is 1. The number of nitrogens with zero attached hydrogens (tertiary/aromatic N) is 1. The number of anilines is 2. The summed E-state index contributed by atoms with van der Waals surface area (Å²) in [5, 5.41) is 9.43. The number of nitrogen functional groups attached to an aromatic ring is 1. The van der Waals surface area contributed by atoms with Gasteiger partial charge in [-0.1, -0.05) is 13.0 Å². The highest BCUT2D eigenvalue weighted by atomic mass is 16.5. The van der Waals surface area contributed by atoms with E-state index in [2.05, 4.69) is 15.5 Å². The van der Waals surface area contributed by atoms with Crippen LogP contribution in [0.2, 0.25) is 0 Å². The molecule has 2 aromatic rings. The summed E-state index contributed by atoms with van der Waals surface area (Å²) < 4.78 is 5.16. The number of hydrogen-bond donors (Lipinski definition) is 3. The minimum atomic E-state index is -0.289. The van der Waals surface area contributed by atoms with Crippen LogP contribution >= 0.6 is 0 Å². The molecule has 1 aromatic heterocycles. The molecular weight excluding hydrogens is 244 g/mol. The molecule has 0 unspecified atom stereocenters. The number of amides is 1. The lowest BCUT2D eigenvalue weighted by atomic mass is 10.1. The van der Waals surface area contributed by atoms with Crippen LogP contribution < -0.4 is 15.8 Å². The number of hydrogen-bond acceptors (Lipinski definition) is 4. The van der Waals surface area contributed by atoms with Crippen LogP contribution in [0.4, 0.5) is 11.5 Å². The molecule has 100 valence electrons. The Morgan fingerprint density at radius 3 is 3.00 bits per heavy atom. The number of carbonyl (C=O) groups is 1. The van der Waals surface area contributed by atoms with Crippen molar-refractivity contribution in [3.8, 4) is 5.75 Å². The minimum absolute atomic E-state index is 0.289. The Morgan fingerprint density at radius 1 is 1.53 bits per heavy atom. The van der Waals surface area contributed by atoms with Gasteiger partial charge in [0.25, 0.3) is 5.91 Å². The van der Waals surface area contributed by atoms with Crippen molar-refractivity contribution < 1.29 is 9.53 Å². The molecule has 0 aliphatic carbocycles. The summed E-state index contributed by atoms with van der Waals surface area (Å²) in [6, 6.07) is 5.05. The number of methoxy groups -OCH3 is 1. The van der Waals surface area contributed by atoms with Crippen LogP contribution in [-0.2, 0) is 6.42 Å². The first kappa shape index (κ1) is 12.9. The zero-order valence-electron chi connectivity index (χ0n) is 10.9. The summed E-state index contributed by atoms with van der Waals surface area (Å²) in [4.78, 5) is 12.2. The summed E-state index contributed by atoms with van der Waals surface area (Å²) in [6.07, 6.45) is 2.46. The number of nitrogens with two attached hydrogens (primary N) is 1. The number of ether oxygens (including phenoxy) is 1. The molecule has 0 saturated heterocycles. The smallest absolute Gasteiger partial charge is 0.260 e. The molecule has 19 heavy (non-hydrogen) atoms. The van der Waals surface area contributed by atoms with Gasteiger partial charge in [-0.3, -0.25) is 9.89 Å². The lowest BCUT2D eigenvalue weighted by Crippen LogP contribution is -2.15. The molecule has 1 aromatic carbocycles. The predicted molar refractivity (Wildman–Crippen MR) is 73.3 cm³/mol. The van der Waals surface area contributed by atoms with Gasteiger partial charge in [-0.15, -0.1) is 0 Å². The Labute approximate surface area is 111 Å².